The highest BCUT2D eigenvalue weighted by Gasteiger charge is 2.39. The van der Waals surface area contributed by atoms with Crippen molar-refractivity contribution in [3.8, 4) is 5.75 Å². The Morgan fingerprint density at radius 1 is 1.13 bits per heavy atom. The summed E-state index contributed by atoms with van der Waals surface area (Å²) in [4.78, 5) is 24.3. The van der Waals surface area contributed by atoms with E-state index in [0.717, 1.165) is 18.4 Å². The van der Waals surface area contributed by atoms with Gasteiger partial charge in [0.1, 0.15) is 11.8 Å². The standard InChI is InChI=1S/C18H26N2O3/c1-3-4-5-6-7-8-12-20-18(22)17(21)16(19-20)14-10-9-11-15(13-14)23-2/h9-11,13,16,19H,3-8,12H2,1-2H3. The molecule has 1 aromatic carbocycles. The monoisotopic (exact) mass is 318 g/mol. The largest absolute Gasteiger partial charge is 0.497 e. The number of hydrogen-bond donors (Lipinski definition) is 1. The summed E-state index contributed by atoms with van der Waals surface area (Å²) < 4.78 is 5.18. The second kappa shape index (κ2) is 8.67. The summed E-state index contributed by atoms with van der Waals surface area (Å²) >= 11 is 0. The van der Waals surface area contributed by atoms with Gasteiger partial charge in [-0.15, -0.1) is 0 Å². The lowest BCUT2D eigenvalue weighted by Crippen LogP contribution is -2.36. The van der Waals surface area contributed by atoms with Crippen LogP contribution in [-0.2, 0) is 9.59 Å². The maximum absolute atomic E-state index is 12.2. The highest BCUT2D eigenvalue weighted by atomic mass is 16.5. The molecule has 1 aliphatic rings. The van der Waals surface area contributed by atoms with E-state index in [1.807, 2.05) is 18.2 Å². The Hall–Kier alpha value is -1.88. The van der Waals surface area contributed by atoms with E-state index in [4.69, 9.17) is 4.74 Å². The number of methoxy groups -OCH3 is 1. The van der Waals surface area contributed by atoms with Crippen molar-refractivity contribution < 1.29 is 14.3 Å². The van der Waals surface area contributed by atoms with Crippen LogP contribution < -0.4 is 10.2 Å². The molecule has 5 heteroatoms. The van der Waals surface area contributed by atoms with Crippen LogP contribution in [0.15, 0.2) is 24.3 Å². The Balaban J connectivity index is 1.88. The molecule has 5 nitrogen and oxygen atoms in total. The number of carbonyl (C=O) groups excluding carboxylic acids is 2. The van der Waals surface area contributed by atoms with Gasteiger partial charge in [0.2, 0.25) is 5.78 Å². The predicted octanol–water partition coefficient (Wildman–Crippen LogP) is 3.01. The van der Waals surface area contributed by atoms with Gasteiger partial charge >= 0.3 is 5.91 Å². The molecular weight excluding hydrogens is 292 g/mol. The number of carbonyl (C=O) groups is 2. The fourth-order valence-electron chi connectivity index (χ4n) is 2.79. The van der Waals surface area contributed by atoms with E-state index in [0.29, 0.717) is 12.3 Å². The summed E-state index contributed by atoms with van der Waals surface area (Å²) in [6, 6.07) is 6.66. The molecule has 1 aliphatic heterocycles. The Bertz CT molecular complexity index is 545. The molecule has 0 saturated carbocycles. The van der Waals surface area contributed by atoms with Gasteiger partial charge in [-0.3, -0.25) is 14.6 Å². The summed E-state index contributed by atoms with van der Waals surface area (Å²) in [6.07, 6.45) is 6.91. The molecule has 0 bridgehead atoms. The zero-order valence-electron chi connectivity index (χ0n) is 14.0. The van der Waals surface area contributed by atoms with Crippen LogP contribution >= 0.6 is 0 Å². The van der Waals surface area contributed by atoms with Crippen LogP contribution in [-0.4, -0.2) is 30.4 Å². The third kappa shape index (κ3) is 4.55. The SMILES string of the molecule is CCCCCCCCN1NC(c2cccc(OC)c2)C(=O)C1=O. The average Bonchev–Trinajstić information content (AvgIpc) is 2.86. The minimum absolute atomic E-state index is 0.399. The molecule has 1 heterocycles. The molecule has 1 atom stereocenters. The van der Waals surface area contributed by atoms with Crippen LogP contribution in [0.5, 0.6) is 5.75 Å². The molecule has 1 fully saturated rings. The van der Waals surface area contributed by atoms with Crippen LogP contribution in [0.2, 0.25) is 0 Å². The van der Waals surface area contributed by atoms with Gasteiger partial charge in [-0.2, -0.15) is 0 Å². The third-order valence-electron chi connectivity index (χ3n) is 4.17. The molecule has 23 heavy (non-hydrogen) atoms. The Morgan fingerprint density at radius 2 is 1.87 bits per heavy atom. The molecule has 1 aromatic rings. The first-order chi connectivity index (χ1) is 11.2. The van der Waals surface area contributed by atoms with E-state index in [1.165, 1.54) is 30.7 Å². The smallest absolute Gasteiger partial charge is 0.306 e. The van der Waals surface area contributed by atoms with Gasteiger partial charge < -0.3 is 4.74 Å². The number of nitrogens with zero attached hydrogens (tertiary/aromatic N) is 1. The quantitative estimate of drug-likeness (QED) is 0.562. The van der Waals surface area contributed by atoms with E-state index in [-0.39, 0.29) is 0 Å². The predicted molar refractivity (Wildman–Crippen MR) is 89.0 cm³/mol. The van der Waals surface area contributed by atoms with Crippen molar-refractivity contribution >= 4 is 11.7 Å². The Morgan fingerprint density at radius 3 is 2.61 bits per heavy atom. The fraction of sp³-hybridized carbons (Fsp3) is 0.556. The van der Waals surface area contributed by atoms with Crippen molar-refractivity contribution in [2.75, 3.05) is 13.7 Å². The number of rotatable bonds is 9. The Kier molecular flexibility index (Phi) is 6.59. The third-order valence-corrected chi connectivity index (χ3v) is 4.17. The van der Waals surface area contributed by atoms with Gasteiger partial charge in [-0.25, -0.2) is 5.43 Å². The number of hydrogen-bond acceptors (Lipinski definition) is 4. The number of hydrazine groups is 1. The maximum atomic E-state index is 12.2. The van der Waals surface area contributed by atoms with Gasteiger partial charge in [0.25, 0.3) is 0 Å². The highest BCUT2D eigenvalue weighted by Crippen LogP contribution is 2.24. The van der Waals surface area contributed by atoms with Crippen LogP contribution in [0.1, 0.15) is 57.1 Å². The molecule has 1 unspecified atom stereocenters. The van der Waals surface area contributed by atoms with E-state index < -0.39 is 17.7 Å². The van der Waals surface area contributed by atoms with Crippen molar-refractivity contribution in [1.82, 2.24) is 10.4 Å². The average molecular weight is 318 g/mol. The second-order valence-electron chi connectivity index (χ2n) is 5.93. The van der Waals surface area contributed by atoms with Crippen LogP contribution in [0.4, 0.5) is 0 Å². The van der Waals surface area contributed by atoms with Crippen molar-refractivity contribution in [3.63, 3.8) is 0 Å². The summed E-state index contributed by atoms with van der Waals surface area (Å²) in [7, 11) is 1.58. The van der Waals surface area contributed by atoms with Crippen LogP contribution in [0, 0.1) is 0 Å². The number of benzene rings is 1. The van der Waals surface area contributed by atoms with Crippen LogP contribution in [0.25, 0.3) is 0 Å². The van der Waals surface area contributed by atoms with E-state index in [9.17, 15) is 9.59 Å². The second-order valence-corrected chi connectivity index (χ2v) is 5.93. The molecule has 0 aromatic heterocycles. The summed E-state index contributed by atoms with van der Waals surface area (Å²) in [5.41, 5.74) is 3.80. The zero-order chi connectivity index (χ0) is 16.7. The molecular formula is C18H26N2O3. The first kappa shape index (κ1) is 17.5. The van der Waals surface area contributed by atoms with Crippen LogP contribution in [0.3, 0.4) is 0 Å². The number of ketones is 1. The first-order valence-corrected chi connectivity index (χ1v) is 8.43. The number of ether oxygens (including phenoxy) is 1. The lowest BCUT2D eigenvalue weighted by molar-refractivity contribution is -0.140. The van der Waals surface area contributed by atoms with Crippen molar-refractivity contribution in [1.29, 1.82) is 0 Å². The van der Waals surface area contributed by atoms with Gasteiger partial charge in [0.05, 0.1) is 7.11 Å². The molecule has 0 radical (unpaired) electrons. The molecule has 0 aliphatic carbocycles. The maximum Gasteiger partial charge on any atom is 0.306 e. The van der Waals surface area contributed by atoms with Gasteiger partial charge in [0, 0.05) is 6.54 Å². The minimum atomic E-state index is -0.599. The topological polar surface area (TPSA) is 58.6 Å². The van der Waals surface area contributed by atoms with Crippen molar-refractivity contribution in [2.45, 2.75) is 51.5 Å². The minimum Gasteiger partial charge on any atom is -0.497 e. The lowest BCUT2D eigenvalue weighted by Gasteiger charge is -2.17. The first-order valence-electron chi connectivity index (χ1n) is 8.43. The molecule has 1 N–H and O–H groups in total. The van der Waals surface area contributed by atoms with Gasteiger partial charge in [-0.1, -0.05) is 51.2 Å². The van der Waals surface area contributed by atoms with Gasteiger partial charge in [-0.05, 0) is 24.1 Å². The number of amides is 1. The molecule has 2 rings (SSSR count). The zero-order valence-corrected chi connectivity index (χ0v) is 14.0. The molecule has 1 saturated heterocycles. The van der Waals surface area contributed by atoms with E-state index in [2.05, 4.69) is 12.3 Å². The molecule has 126 valence electrons. The summed E-state index contributed by atoms with van der Waals surface area (Å²) in [5.74, 6) is -0.158. The Labute approximate surface area is 138 Å². The van der Waals surface area contributed by atoms with E-state index >= 15 is 0 Å². The molecule has 1 amide bonds. The summed E-state index contributed by atoms with van der Waals surface area (Å²) in [5, 5.41) is 1.46. The van der Waals surface area contributed by atoms with Crippen molar-refractivity contribution in [3.05, 3.63) is 29.8 Å². The number of nitrogens with one attached hydrogen (secondary N) is 1. The molecule has 0 spiro atoms. The van der Waals surface area contributed by atoms with Crippen molar-refractivity contribution in [2.24, 2.45) is 0 Å². The number of Topliss-reactive ketones (excluding diaryl/α,β-unsaturated/α-hetero) is 1. The van der Waals surface area contributed by atoms with Gasteiger partial charge in [0.15, 0.2) is 0 Å². The highest BCUT2D eigenvalue weighted by molar-refractivity contribution is 6.39. The fourth-order valence-corrected chi connectivity index (χ4v) is 2.79. The number of unbranched alkanes of at least 4 members (excludes halogenated alkanes) is 5. The normalized spacial score (nSPS) is 17.8. The summed E-state index contributed by atoms with van der Waals surface area (Å²) in [6.45, 7) is 2.77. The van der Waals surface area contributed by atoms with E-state index in [1.54, 1.807) is 13.2 Å². The lowest BCUT2D eigenvalue weighted by atomic mass is 10.0.